The zero-order chi connectivity index (χ0) is 20.2. The summed E-state index contributed by atoms with van der Waals surface area (Å²) < 4.78 is 13.2. The molecule has 148 valence electrons. The van der Waals surface area contributed by atoms with Crippen LogP contribution < -0.4 is 16.4 Å². The zero-order valence-corrected chi connectivity index (χ0v) is 17.3. The van der Waals surface area contributed by atoms with E-state index < -0.39 is 0 Å². The van der Waals surface area contributed by atoms with Crippen molar-refractivity contribution >= 4 is 23.4 Å². The van der Waals surface area contributed by atoms with E-state index in [-0.39, 0.29) is 12.1 Å². The van der Waals surface area contributed by atoms with Gasteiger partial charge >= 0.3 is 0 Å². The molecule has 0 saturated heterocycles. The van der Waals surface area contributed by atoms with E-state index in [2.05, 4.69) is 23.8 Å². The molecule has 27 heavy (non-hydrogen) atoms. The number of nitrogens with zero attached hydrogens (tertiary/aromatic N) is 1. The van der Waals surface area contributed by atoms with Gasteiger partial charge < -0.3 is 21.3 Å². The molecule has 0 aliphatic heterocycles. The van der Waals surface area contributed by atoms with Gasteiger partial charge in [0.25, 0.3) is 0 Å². The van der Waals surface area contributed by atoms with Gasteiger partial charge in [-0.3, -0.25) is 0 Å². The Kier molecular flexibility index (Phi) is 10.4. The van der Waals surface area contributed by atoms with Crippen LogP contribution in [0, 0.1) is 0 Å². The fourth-order valence-electron chi connectivity index (χ4n) is 2.52. The minimum absolute atomic E-state index is 0.191. The van der Waals surface area contributed by atoms with Crippen LogP contribution in [0.4, 0.5) is 9.57 Å². The Balaban J connectivity index is 3.09. The van der Waals surface area contributed by atoms with Crippen molar-refractivity contribution in [1.82, 2.24) is 15.5 Å². The van der Waals surface area contributed by atoms with E-state index in [9.17, 15) is 3.89 Å². The van der Waals surface area contributed by atoms with Crippen molar-refractivity contribution in [2.75, 3.05) is 32.9 Å². The zero-order valence-electron chi connectivity index (χ0n) is 16.5. The second-order valence-electron chi connectivity index (χ2n) is 6.17. The highest BCUT2D eigenvalue weighted by molar-refractivity contribution is 7.98. The van der Waals surface area contributed by atoms with E-state index in [0.29, 0.717) is 10.6 Å². The normalized spacial score (nSPS) is 12.4. The Morgan fingerprint density at radius 1 is 1.30 bits per heavy atom. The maximum atomic E-state index is 13.2. The molecule has 1 aromatic carbocycles. The van der Waals surface area contributed by atoms with E-state index in [1.54, 1.807) is 0 Å². The standard InChI is InChI=1S/C21H31FN4S/c1-6-20(27-22)17(3)26(5)21(25-14-10-9-13-24-4)15-16(2)18-11-7-8-12-19(18)23/h6-8,11-12,15,24-25H,1-2,9-10,13-14,23H2,3-5H3/b20-17+,21-15-. The molecule has 0 unspecified atom stereocenters. The lowest BCUT2D eigenvalue weighted by molar-refractivity contribution is 0.462. The van der Waals surface area contributed by atoms with Gasteiger partial charge in [-0.2, -0.15) is 3.89 Å². The number of unbranched alkanes of at least 4 members (excludes halogenated alkanes) is 1. The quantitative estimate of drug-likeness (QED) is 0.275. The molecule has 0 amide bonds. The summed E-state index contributed by atoms with van der Waals surface area (Å²) in [5.74, 6) is 0.832. The van der Waals surface area contributed by atoms with E-state index in [4.69, 9.17) is 5.73 Å². The fourth-order valence-corrected chi connectivity index (χ4v) is 2.83. The van der Waals surface area contributed by atoms with Gasteiger partial charge in [-0.15, -0.1) is 0 Å². The first-order valence-electron chi connectivity index (χ1n) is 8.95. The number of halogens is 1. The lowest BCUT2D eigenvalue weighted by Crippen LogP contribution is -2.29. The molecule has 4 N–H and O–H groups in total. The number of hydrogen-bond donors (Lipinski definition) is 3. The summed E-state index contributed by atoms with van der Waals surface area (Å²) in [6, 6.07) is 7.61. The SMILES string of the molecule is C=C/C(SF)=C(/C)N(C)/C(=C\C(=C)c1ccccc1N)NCCCCNC. The van der Waals surface area contributed by atoms with Gasteiger partial charge in [0.15, 0.2) is 0 Å². The minimum atomic E-state index is 0.191. The van der Waals surface area contributed by atoms with E-state index in [0.717, 1.165) is 48.6 Å². The number of hydrogen-bond acceptors (Lipinski definition) is 5. The van der Waals surface area contributed by atoms with Crippen LogP contribution in [0.2, 0.25) is 0 Å². The van der Waals surface area contributed by atoms with Gasteiger partial charge in [-0.25, -0.2) is 0 Å². The highest BCUT2D eigenvalue weighted by Crippen LogP contribution is 2.27. The summed E-state index contributed by atoms with van der Waals surface area (Å²) in [7, 11) is 3.84. The molecular formula is C21H31FN4S. The molecule has 0 bridgehead atoms. The number of anilines is 1. The van der Waals surface area contributed by atoms with Crippen LogP contribution in [0.3, 0.4) is 0 Å². The van der Waals surface area contributed by atoms with Crippen molar-refractivity contribution in [3.63, 3.8) is 0 Å². The minimum Gasteiger partial charge on any atom is -0.398 e. The maximum Gasteiger partial charge on any atom is 0.106 e. The first kappa shape index (κ1) is 22.9. The largest absolute Gasteiger partial charge is 0.398 e. The molecule has 0 aliphatic carbocycles. The van der Waals surface area contributed by atoms with Gasteiger partial charge in [0.05, 0.1) is 17.1 Å². The predicted molar refractivity (Wildman–Crippen MR) is 118 cm³/mol. The fraction of sp³-hybridized carbons (Fsp3) is 0.333. The molecule has 0 aromatic heterocycles. The summed E-state index contributed by atoms with van der Waals surface area (Å²) in [6.07, 6.45) is 5.54. The molecule has 6 heteroatoms. The van der Waals surface area contributed by atoms with Gasteiger partial charge in [0.2, 0.25) is 0 Å². The summed E-state index contributed by atoms with van der Waals surface area (Å²) >= 11 is 0.191. The topological polar surface area (TPSA) is 53.3 Å². The summed E-state index contributed by atoms with van der Waals surface area (Å²) in [5, 5.41) is 6.58. The highest BCUT2D eigenvalue weighted by atomic mass is 32.2. The van der Waals surface area contributed by atoms with Crippen molar-refractivity contribution in [1.29, 1.82) is 0 Å². The third kappa shape index (κ3) is 7.15. The maximum absolute atomic E-state index is 13.2. The molecule has 0 aliphatic rings. The summed E-state index contributed by atoms with van der Waals surface area (Å²) in [6.45, 7) is 11.5. The smallest absolute Gasteiger partial charge is 0.106 e. The van der Waals surface area contributed by atoms with Gasteiger partial charge in [-0.05, 0) is 51.1 Å². The Morgan fingerprint density at radius 3 is 2.56 bits per heavy atom. The van der Waals surface area contributed by atoms with Crippen LogP contribution >= 0.6 is 12.1 Å². The van der Waals surface area contributed by atoms with E-state index in [1.165, 1.54) is 6.08 Å². The molecule has 0 heterocycles. The second-order valence-corrected chi connectivity index (χ2v) is 6.76. The van der Waals surface area contributed by atoms with Crippen molar-refractivity contribution in [3.05, 3.63) is 71.6 Å². The average Bonchev–Trinajstić information content (AvgIpc) is 2.67. The number of para-hydroxylation sites is 1. The summed E-state index contributed by atoms with van der Waals surface area (Å²) in [4.78, 5) is 2.39. The number of nitrogens with one attached hydrogen (secondary N) is 2. The van der Waals surface area contributed by atoms with Crippen LogP contribution in [0.15, 0.2) is 66.0 Å². The predicted octanol–water partition coefficient (Wildman–Crippen LogP) is 4.68. The van der Waals surface area contributed by atoms with Crippen LogP contribution in [0.1, 0.15) is 25.3 Å². The number of rotatable bonds is 12. The third-order valence-electron chi connectivity index (χ3n) is 4.27. The lowest BCUT2D eigenvalue weighted by Gasteiger charge is -2.26. The highest BCUT2D eigenvalue weighted by Gasteiger charge is 2.12. The molecule has 1 aromatic rings. The van der Waals surface area contributed by atoms with E-state index >= 15 is 0 Å². The number of benzene rings is 1. The monoisotopic (exact) mass is 390 g/mol. The Bertz CT molecular complexity index is 697. The lowest BCUT2D eigenvalue weighted by atomic mass is 10.1. The Labute approximate surface area is 167 Å². The van der Waals surface area contributed by atoms with Crippen LogP contribution in [0.25, 0.3) is 5.57 Å². The first-order chi connectivity index (χ1) is 13.0. The van der Waals surface area contributed by atoms with Gasteiger partial charge in [-0.1, -0.05) is 37.4 Å². The molecule has 1 rings (SSSR count). The molecular weight excluding hydrogens is 359 g/mol. The van der Waals surface area contributed by atoms with Crippen LogP contribution in [0.5, 0.6) is 0 Å². The second kappa shape index (κ2) is 12.3. The molecule has 4 nitrogen and oxygen atoms in total. The number of nitrogen functional groups attached to an aromatic ring is 1. The van der Waals surface area contributed by atoms with Crippen molar-refractivity contribution < 1.29 is 3.89 Å². The van der Waals surface area contributed by atoms with Gasteiger partial charge in [0.1, 0.15) is 5.82 Å². The van der Waals surface area contributed by atoms with Crippen LogP contribution in [-0.2, 0) is 0 Å². The van der Waals surface area contributed by atoms with Crippen LogP contribution in [-0.4, -0.2) is 32.1 Å². The van der Waals surface area contributed by atoms with E-state index in [1.807, 2.05) is 56.3 Å². The Morgan fingerprint density at radius 2 is 1.96 bits per heavy atom. The molecule has 0 atom stereocenters. The summed E-state index contributed by atoms with van der Waals surface area (Å²) in [5.41, 5.74) is 9.18. The third-order valence-corrected chi connectivity index (χ3v) is 4.90. The van der Waals surface area contributed by atoms with Crippen molar-refractivity contribution in [2.24, 2.45) is 0 Å². The van der Waals surface area contributed by atoms with Crippen molar-refractivity contribution in [3.8, 4) is 0 Å². The molecule has 0 saturated carbocycles. The van der Waals surface area contributed by atoms with Gasteiger partial charge in [0, 0.05) is 30.5 Å². The first-order valence-corrected chi connectivity index (χ1v) is 9.67. The Hall–Kier alpha value is -2.18. The molecule has 0 radical (unpaired) electrons. The molecule has 0 fully saturated rings. The van der Waals surface area contributed by atoms with Crippen molar-refractivity contribution in [2.45, 2.75) is 19.8 Å². The average molecular weight is 391 g/mol. The number of allylic oxidation sites excluding steroid dienone is 4. The molecule has 0 spiro atoms. The number of nitrogens with two attached hydrogens (primary N) is 1.